The third kappa shape index (κ3) is 3.79. The summed E-state index contributed by atoms with van der Waals surface area (Å²) in [6, 6.07) is 10.5. The number of carbonyl (C=O) groups excluding carboxylic acids is 1. The van der Waals surface area contributed by atoms with Gasteiger partial charge in [0, 0.05) is 17.9 Å². The lowest BCUT2D eigenvalue weighted by Gasteiger charge is -2.40. The van der Waals surface area contributed by atoms with Crippen molar-refractivity contribution in [2.45, 2.75) is 51.5 Å². The number of allylic oxidation sites excluding steroid dienone is 1. The number of likely N-dealkylation sites (tertiary alicyclic amines) is 1. The van der Waals surface area contributed by atoms with Gasteiger partial charge in [0.1, 0.15) is 5.76 Å². The molecule has 2 aromatic carbocycles. The second-order valence-corrected chi connectivity index (χ2v) is 9.20. The molecule has 0 saturated carbocycles. The lowest BCUT2D eigenvalue weighted by atomic mass is 9.68. The Bertz CT molecular complexity index is 1050. The van der Waals surface area contributed by atoms with Gasteiger partial charge in [-0.1, -0.05) is 23.8 Å². The quantitative estimate of drug-likeness (QED) is 0.611. The second-order valence-electron chi connectivity index (χ2n) is 9.20. The highest BCUT2D eigenvalue weighted by molar-refractivity contribution is 5.93. The molecule has 5 heteroatoms. The molecule has 1 unspecified atom stereocenters. The van der Waals surface area contributed by atoms with Crippen LogP contribution >= 0.6 is 0 Å². The molecule has 2 aliphatic rings. The number of methoxy groups -OCH3 is 2. The monoisotopic (exact) mass is 435 g/mol. The number of carbonyl (C=O) groups is 1. The van der Waals surface area contributed by atoms with E-state index in [9.17, 15) is 4.79 Å². The third-order valence-corrected chi connectivity index (χ3v) is 7.18. The summed E-state index contributed by atoms with van der Waals surface area (Å²) in [5.41, 5.74) is 4.97. The molecular weight excluding hydrogens is 402 g/mol. The number of rotatable bonds is 5. The van der Waals surface area contributed by atoms with Crippen LogP contribution in [-0.4, -0.2) is 44.7 Å². The number of aryl methyl sites for hydroxylation is 3. The van der Waals surface area contributed by atoms with Crippen LogP contribution < -0.4 is 9.47 Å². The van der Waals surface area contributed by atoms with E-state index in [2.05, 4.69) is 30.2 Å². The van der Waals surface area contributed by atoms with Crippen LogP contribution in [0.2, 0.25) is 0 Å². The summed E-state index contributed by atoms with van der Waals surface area (Å²) >= 11 is 0. The van der Waals surface area contributed by atoms with Crippen molar-refractivity contribution in [3.63, 3.8) is 0 Å². The van der Waals surface area contributed by atoms with E-state index in [4.69, 9.17) is 14.2 Å². The lowest BCUT2D eigenvalue weighted by molar-refractivity contribution is 0.0591. The van der Waals surface area contributed by atoms with Gasteiger partial charge < -0.3 is 14.2 Å². The Kier molecular flexibility index (Phi) is 6.04. The standard InChI is InChI=1S/C27H33NO4/c1-17-13-18(2)25(19(3)14-17)26(29)32-21-9-10-27(11-12-28(4)24(27)16-21)20-7-8-22(30-5)23(15-20)31-6/h7-8,13-16,24H,9-12H2,1-6H3/t24?,27-/m0/s1. The maximum absolute atomic E-state index is 13.0. The summed E-state index contributed by atoms with van der Waals surface area (Å²) in [6.45, 7) is 6.98. The Balaban J connectivity index is 1.63. The largest absolute Gasteiger partial charge is 0.493 e. The molecule has 1 fully saturated rings. The first-order chi connectivity index (χ1) is 15.3. The van der Waals surface area contributed by atoms with Gasteiger partial charge in [-0.3, -0.25) is 4.90 Å². The number of fused-ring (bicyclic) bond motifs is 1. The number of hydrogen-bond donors (Lipinski definition) is 0. The normalized spacial score (nSPS) is 22.8. The minimum Gasteiger partial charge on any atom is -0.493 e. The molecule has 0 N–H and O–H groups in total. The Hall–Kier alpha value is -2.79. The number of esters is 1. The third-order valence-electron chi connectivity index (χ3n) is 7.18. The minimum atomic E-state index is -0.259. The maximum Gasteiger partial charge on any atom is 0.343 e. The first kappa shape index (κ1) is 22.4. The maximum atomic E-state index is 13.0. The van der Waals surface area contributed by atoms with Crippen molar-refractivity contribution in [3.8, 4) is 11.5 Å². The predicted molar refractivity (Wildman–Crippen MR) is 126 cm³/mol. The van der Waals surface area contributed by atoms with Crippen LogP contribution in [0.1, 0.15) is 51.9 Å². The van der Waals surface area contributed by atoms with E-state index >= 15 is 0 Å². The SMILES string of the molecule is COc1ccc([C@@]23CCC(OC(=O)c4c(C)cc(C)cc4C)=CC2N(C)CC3)cc1OC. The smallest absolute Gasteiger partial charge is 0.343 e. The van der Waals surface area contributed by atoms with Crippen molar-refractivity contribution >= 4 is 5.97 Å². The van der Waals surface area contributed by atoms with E-state index in [-0.39, 0.29) is 17.4 Å². The molecule has 0 radical (unpaired) electrons. The summed E-state index contributed by atoms with van der Waals surface area (Å²) in [4.78, 5) is 15.4. The van der Waals surface area contributed by atoms with Crippen LogP contribution in [0.4, 0.5) is 0 Å². The summed E-state index contributed by atoms with van der Waals surface area (Å²) in [6.07, 6.45) is 4.86. The highest BCUT2D eigenvalue weighted by Gasteiger charge is 2.48. The van der Waals surface area contributed by atoms with Gasteiger partial charge in [-0.25, -0.2) is 4.79 Å². The molecule has 2 atom stereocenters. The molecule has 0 bridgehead atoms. The van der Waals surface area contributed by atoms with Crippen molar-refractivity contribution in [1.29, 1.82) is 0 Å². The molecule has 1 aliphatic carbocycles. The number of likely N-dealkylation sites (N-methyl/N-ethyl adjacent to an activating group) is 1. The van der Waals surface area contributed by atoms with Gasteiger partial charge in [-0.15, -0.1) is 0 Å². The first-order valence-corrected chi connectivity index (χ1v) is 11.2. The van der Waals surface area contributed by atoms with E-state index in [0.29, 0.717) is 5.56 Å². The summed E-state index contributed by atoms with van der Waals surface area (Å²) in [5.74, 6) is 1.99. The van der Waals surface area contributed by atoms with Crippen molar-refractivity contribution in [2.75, 3.05) is 27.8 Å². The molecule has 0 spiro atoms. The zero-order valence-electron chi connectivity index (χ0n) is 20.0. The fraction of sp³-hybridized carbons (Fsp3) is 0.444. The van der Waals surface area contributed by atoms with Crippen molar-refractivity contribution in [2.24, 2.45) is 0 Å². The number of hydrogen-bond acceptors (Lipinski definition) is 5. The van der Waals surface area contributed by atoms with Crippen LogP contribution in [0.5, 0.6) is 11.5 Å². The average Bonchev–Trinajstić information content (AvgIpc) is 3.09. The van der Waals surface area contributed by atoms with Crippen LogP contribution in [0.25, 0.3) is 0 Å². The molecule has 170 valence electrons. The van der Waals surface area contributed by atoms with Crippen molar-refractivity contribution in [3.05, 3.63) is 70.0 Å². The highest BCUT2D eigenvalue weighted by atomic mass is 16.5. The van der Waals surface area contributed by atoms with Gasteiger partial charge in [-0.05, 0) is 82.1 Å². The van der Waals surface area contributed by atoms with Gasteiger partial charge in [0.25, 0.3) is 0 Å². The Morgan fingerprint density at radius 1 is 1.00 bits per heavy atom. The van der Waals surface area contributed by atoms with Crippen molar-refractivity contribution < 1.29 is 19.0 Å². The van der Waals surface area contributed by atoms with E-state index < -0.39 is 0 Å². The van der Waals surface area contributed by atoms with Crippen molar-refractivity contribution in [1.82, 2.24) is 4.90 Å². The van der Waals surface area contributed by atoms with E-state index in [0.717, 1.165) is 59.8 Å². The van der Waals surface area contributed by atoms with E-state index in [1.165, 1.54) is 5.56 Å². The number of nitrogens with zero attached hydrogens (tertiary/aromatic N) is 1. The number of ether oxygens (including phenoxy) is 3. The molecule has 1 heterocycles. The Labute approximate surface area is 191 Å². The van der Waals surface area contributed by atoms with Crippen LogP contribution in [-0.2, 0) is 10.2 Å². The summed E-state index contributed by atoms with van der Waals surface area (Å²) in [5, 5.41) is 0. The van der Waals surface area contributed by atoms with Crippen LogP contribution in [0.15, 0.2) is 42.2 Å². The molecule has 0 amide bonds. The Morgan fingerprint density at radius 3 is 2.34 bits per heavy atom. The highest BCUT2D eigenvalue weighted by Crippen LogP contribution is 2.49. The fourth-order valence-corrected chi connectivity index (χ4v) is 5.61. The predicted octanol–water partition coefficient (Wildman–Crippen LogP) is 5.11. The zero-order valence-corrected chi connectivity index (χ0v) is 20.0. The fourth-order valence-electron chi connectivity index (χ4n) is 5.61. The van der Waals surface area contributed by atoms with Gasteiger partial charge >= 0.3 is 5.97 Å². The molecule has 4 rings (SSSR count). The molecular formula is C27H33NO4. The second kappa shape index (κ2) is 8.62. The average molecular weight is 436 g/mol. The number of benzene rings is 2. The first-order valence-electron chi connectivity index (χ1n) is 11.2. The van der Waals surface area contributed by atoms with Crippen LogP contribution in [0, 0.1) is 20.8 Å². The van der Waals surface area contributed by atoms with Crippen LogP contribution in [0.3, 0.4) is 0 Å². The molecule has 0 aromatic heterocycles. The molecule has 5 nitrogen and oxygen atoms in total. The van der Waals surface area contributed by atoms with Gasteiger partial charge in [-0.2, -0.15) is 0 Å². The van der Waals surface area contributed by atoms with Gasteiger partial charge in [0.05, 0.1) is 19.8 Å². The molecule has 1 saturated heterocycles. The van der Waals surface area contributed by atoms with E-state index in [1.54, 1.807) is 14.2 Å². The van der Waals surface area contributed by atoms with Gasteiger partial charge in [0.2, 0.25) is 0 Å². The lowest BCUT2D eigenvalue weighted by Crippen LogP contribution is -2.42. The molecule has 2 aromatic rings. The Morgan fingerprint density at radius 2 is 1.69 bits per heavy atom. The topological polar surface area (TPSA) is 48.0 Å². The van der Waals surface area contributed by atoms with Gasteiger partial charge in [0.15, 0.2) is 11.5 Å². The zero-order chi connectivity index (χ0) is 23.0. The summed E-state index contributed by atoms with van der Waals surface area (Å²) in [7, 11) is 5.47. The summed E-state index contributed by atoms with van der Waals surface area (Å²) < 4.78 is 17.0. The molecule has 1 aliphatic heterocycles. The minimum absolute atomic E-state index is 0.0279. The molecule has 32 heavy (non-hydrogen) atoms. The van der Waals surface area contributed by atoms with E-state index in [1.807, 2.05) is 39.0 Å².